The Kier molecular flexibility index (Phi) is 4.73. The summed E-state index contributed by atoms with van der Waals surface area (Å²) in [7, 11) is -3.26. The number of nitrogens with zero attached hydrogens (tertiary/aromatic N) is 1. The van der Waals surface area contributed by atoms with Gasteiger partial charge in [0, 0.05) is 25.4 Å². The van der Waals surface area contributed by atoms with Crippen molar-refractivity contribution in [2.45, 2.75) is 31.7 Å². The highest BCUT2D eigenvalue weighted by Crippen LogP contribution is 2.19. The number of aliphatic hydroxyl groups excluding tert-OH is 1. The third-order valence-electron chi connectivity index (χ3n) is 2.80. The Hall–Kier alpha value is -0.620. The molecule has 0 bridgehead atoms. The number of hydrogen-bond acceptors (Lipinski definition) is 4. The van der Waals surface area contributed by atoms with Crippen molar-refractivity contribution in [1.82, 2.24) is 4.90 Å². The van der Waals surface area contributed by atoms with Crippen LogP contribution in [0.4, 0.5) is 0 Å². The van der Waals surface area contributed by atoms with E-state index in [1.165, 1.54) is 0 Å². The number of carbonyl (C=O) groups is 1. The average molecular weight is 249 g/mol. The second-order valence-electron chi connectivity index (χ2n) is 4.32. The Morgan fingerprint density at radius 2 is 2.12 bits per heavy atom. The largest absolute Gasteiger partial charge is 0.396 e. The molecule has 1 unspecified atom stereocenters. The van der Waals surface area contributed by atoms with Gasteiger partial charge in [-0.2, -0.15) is 0 Å². The van der Waals surface area contributed by atoms with Gasteiger partial charge >= 0.3 is 0 Å². The van der Waals surface area contributed by atoms with Gasteiger partial charge in [-0.05, 0) is 25.7 Å². The van der Waals surface area contributed by atoms with E-state index in [2.05, 4.69) is 0 Å². The van der Waals surface area contributed by atoms with Gasteiger partial charge in [0.05, 0.1) is 0 Å². The van der Waals surface area contributed by atoms with E-state index in [0.717, 1.165) is 25.5 Å². The minimum absolute atomic E-state index is 0.00741. The zero-order valence-electron chi connectivity index (χ0n) is 9.55. The van der Waals surface area contributed by atoms with Crippen molar-refractivity contribution < 1.29 is 18.3 Å². The first-order valence-corrected chi connectivity index (χ1v) is 7.58. The van der Waals surface area contributed by atoms with Crippen molar-refractivity contribution in [1.29, 1.82) is 0 Å². The molecule has 0 aromatic rings. The van der Waals surface area contributed by atoms with Gasteiger partial charge in [-0.15, -0.1) is 0 Å². The van der Waals surface area contributed by atoms with Crippen molar-refractivity contribution in [3.8, 4) is 0 Å². The normalized spacial score (nSPS) is 22.1. The minimum atomic E-state index is -3.26. The summed E-state index contributed by atoms with van der Waals surface area (Å²) in [5, 5.41) is 8.89. The fraction of sp³-hybridized carbons (Fsp3) is 0.900. The molecule has 0 aliphatic carbocycles. The predicted octanol–water partition coefficient (Wildman–Crippen LogP) is -0.206. The van der Waals surface area contributed by atoms with E-state index < -0.39 is 15.6 Å². The maximum atomic E-state index is 11.8. The van der Waals surface area contributed by atoms with E-state index in [1.807, 2.05) is 0 Å². The topological polar surface area (TPSA) is 74.7 Å². The molecule has 0 aromatic heterocycles. The highest BCUT2D eigenvalue weighted by molar-refractivity contribution is 7.91. The number of piperidine rings is 1. The van der Waals surface area contributed by atoms with Gasteiger partial charge in [-0.25, -0.2) is 8.42 Å². The summed E-state index contributed by atoms with van der Waals surface area (Å²) in [5.74, 6) is -0.754. The number of likely N-dealkylation sites (tertiary alicyclic amines) is 1. The lowest BCUT2D eigenvalue weighted by molar-refractivity contribution is -0.132. The van der Waals surface area contributed by atoms with Gasteiger partial charge in [-0.1, -0.05) is 0 Å². The maximum absolute atomic E-state index is 11.8. The van der Waals surface area contributed by atoms with Crippen LogP contribution in [0.2, 0.25) is 0 Å². The second kappa shape index (κ2) is 5.63. The number of carbonyl (C=O) groups excluding carboxylic acids is 1. The van der Waals surface area contributed by atoms with Crippen molar-refractivity contribution in [2.24, 2.45) is 0 Å². The molecule has 0 spiro atoms. The van der Waals surface area contributed by atoms with Crippen molar-refractivity contribution in [2.75, 3.05) is 25.2 Å². The number of hydrogen-bond donors (Lipinski definition) is 1. The van der Waals surface area contributed by atoms with Crippen LogP contribution in [0.15, 0.2) is 0 Å². The maximum Gasteiger partial charge on any atom is 0.238 e. The fourth-order valence-electron chi connectivity index (χ4n) is 2.09. The molecule has 1 saturated heterocycles. The van der Waals surface area contributed by atoms with E-state index >= 15 is 0 Å². The van der Waals surface area contributed by atoms with Crippen LogP contribution in [0.5, 0.6) is 0 Å². The van der Waals surface area contributed by atoms with Gasteiger partial charge < -0.3 is 10.0 Å². The molecule has 1 amide bonds. The Labute approximate surface area is 96.4 Å². The Morgan fingerprint density at radius 1 is 1.44 bits per heavy atom. The fourth-order valence-corrected chi connectivity index (χ4v) is 2.70. The van der Waals surface area contributed by atoms with Gasteiger partial charge in [0.15, 0.2) is 9.84 Å². The molecule has 1 heterocycles. The van der Waals surface area contributed by atoms with Gasteiger partial charge in [0.25, 0.3) is 0 Å². The summed E-state index contributed by atoms with van der Waals surface area (Å²) in [4.78, 5) is 13.4. The van der Waals surface area contributed by atoms with Crippen LogP contribution in [0, 0.1) is 0 Å². The molecule has 16 heavy (non-hydrogen) atoms. The Morgan fingerprint density at radius 3 is 2.69 bits per heavy atom. The molecule has 0 saturated carbocycles. The zero-order chi connectivity index (χ0) is 12.2. The molecular weight excluding hydrogens is 230 g/mol. The summed E-state index contributed by atoms with van der Waals surface area (Å²) in [6, 6.07) is 0.00741. The molecule has 0 radical (unpaired) electrons. The standard InChI is InChI=1S/C10H19NO4S/c1-16(14,15)8-10(13)11-6-3-2-4-9(11)5-7-12/h9,12H,2-8H2,1H3. The first kappa shape index (κ1) is 13.4. The monoisotopic (exact) mass is 249 g/mol. The van der Waals surface area contributed by atoms with E-state index in [1.54, 1.807) is 4.90 Å². The molecule has 1 fully saturated rings. The first-order chi connectivity index (χ1) is 7.44. The molecule has 1 atom stereocenters. The lowest BCUT2D eigenvalue weighted by atomic mass is 10.00. The van der Waals surface area contributed by atoms with Crippen LogP contribution in [0.25, 0.3) is 0 Å². The van der Waals surface area contributed by atoms with Crippen LogP contribution in [0.1, 0.15) is 25.7 Å². The Balaban J connectivity index is 2.64. The van der Waals surface area contributed by atoms with Gasteiger partial charge in [-0.3, -0.25) is 4.79 Å². The van der Waals surface area contributed by atoms with Crippen LogP contribution >= 0.6 is 0 Å². The summed E-state index contributed by atoms with van der Waals surface area (Å²) in [6.07, 6.45) is 4.41. The smallest absolute Gasteiger partial charge is 0.238 e. The lowest BCUT2D eigenvalue weighted by Gasteiger charge is -2.35. The molecule has 1 aliphatic rings. The highest BCUT2D eigenvalue weighted by Gasteiger charge is 2.27. The van der Waals surface area contributed by atoms with E-state index in [-0.39, 0.29) is 18.6 Å². The highest BCUT2D eigenvalue weighted by atomic mass is 32.2. The number of sulfone groups is 1. The summed E-state index contributed by atoms with van der Waals surface area (Å²) >= 11 is 0. The van der Waals surface area contributed by atoms with Gasteiger partial charge in [0.1, 0.15) is 5.75 Å². The van der Waals surface area contributed by atoms with Crippen molar-refractivity contribution in [3.63, 3.8) is 0 Å². The molecule has 1 rings (SSSR count). The van der Waals surface area contributed by atoms with Crippen molar-refractivity contribution in [3.05, 3.63) is 0 Å². The quantitative estimate of drug-likeness (QED) is 0.748. The predicted molar refractivity (Wildman–Crippen MR) is 60.8 cm³/mol. The Bertz CT molecular complexity index is 337. The summed E-state index contributed by atoms with van der Waals surface area (Å²) in [5.41, 5.74) is 0. The molecule has 6 heteroatoms. The van der Waals surface area contributed by atoms with Crippen LogP contribution in [-0.4, -0.2) is 55.5 Å². The van der Waals surface area contributed by atoms with Gasteiger partial charge in [0.2, 0.25) is 5.91 Å². The average Bonchev–Trinajstić information content (AvgIpc) is 2.16. The lowest BCUT2D eigenvalue weighted by Crippen LogP contribution is -2.46. The molecule has 94 valence electrons. The second-order valence-corrected chi connectivity index (χ2v) is 6.46. The van der Waals surface area contributed by atoms with Crippen LogP contribution in [-0.2, 0) is 14.6 Å². The van der Waals surface area contributed by atoms with E-state index in [0.29, 0.717) is 13.0 Å². The SMILES string of the molecule is CS(=O)(=O)CC(=O)N1CCCCC1CCO. The van der Waals surface area contributed by atoms with Crippen molar-refractivity contribution >= 4 is 15.7 Å². The molecule has 1 N–H and O–H groups in total. The first-order valence-electron chi connectivity index (χ1n) is 5.52. The summed E-state index contributed by atoms with van der Waals surface area (Å²) < 4.78 is 22.1. The number of rotatable bonds is 4. The molecular formula is C10H19NO4S. The molecule has 1 aliphatic heterocycles. The number of amides is 1. The molecule has 5 nitrogen and oxygen atoms in total. The third kappa shape index (κ3) is 4.09. The van der Waals surface area contributed by atoms with E-state index in [4.69, 9.17) is 5.11 Å². The third-order valence-corrected chi connectivity index (χ3v) is 3.57. The minimum Gasteiger partial charge on any atom is -0.396 e. The number of aliphatic hydroxyl groups is 1. The van der Waals surface area contributed by atoms with Crippen LogP contribution < -0.4 is 0 Å². The van der Waals surface area contributed by atoms with Crippen LogP contribution in [0.3, 0.4) is 0 Å². The summed E-state index contributed by atoms with van der Waals surface area (Å²) in [6.45, 7) is 0.645. The zero-order valence-corrected chi connectivity index (χ0v) is 10.4. The van der Waals surface area contributed by atoms with E-state index in [9.17, 15) is 13.2 Å². The molecule has 0 aromatic carbocycles.